The van der Waals surface area contributed by atoms with Crippen LogP contribution < -0.4 is 10.1 Å². The average molecular weight is 452 g/mol. The number of carbonyl (C=O) groups excluding carboxylic acids is 1. The zero-order valence-electron chi connectivity index (χ0n) is 18.0. The van der Waals surface area contributed by atoms with Gasteiger partial charge in [-0.1, -0.05) is 12.1 Å². The van der Waals surface area contributed by atoms with E-state index in [9.17, 15) is 14.9 Å². The predicted octanol–water partition coefficient (Wildman–Crippen LogP) is 4.43. The third-order valence-corrected chi connectivity index (χ3v) is 6.88. The summed E-state index contributed by atoms with van der Waals surface area (Å²) in [6.45, 7) is 3.39. The summed E-state index contributed by atoms with van der Waals surface area (Å²) in [5.74, 6) is 0.591. The summed E-state index contributed by atoms with van der Waals surface area (Å²) in [6.07, 6.45) is 0.974. The summed E-state index contributed by atoms with van der Waals surface area (Å²) in [6, 6.07) is 16.5. The Morgan fingerprint density at radius 2 is 1.91 bits per heavy atom. The molecule has 0 unspecified atom stereocenters. The van der Waals surface area contributed by atoms with Crippen LogP contribution in [0.4, 0.5) is 5.69 Å². The molecule has 3 aromatic rings. The number of fused-ring (bicyclic) bond motifs is 1. The second-order valence-corrected chi connectivity index (χ2v) is 8.78. The molecule has 8 heteroatoms. The van der Waals surface area contributed by atoms with Gasteiger partial charge in [0.05, 0.1) is 18.1 Å². The fraction of sp³-hybridized carbons (Fsp3) is 0.292. The minimum absolute atomic E-state index is 0.0298. The van der Waals surface area contributed by atoms with Crippen LogP contribution in [0, 0.1) is 10.1 Å². The molecule has 2 atom stereocenters. The third-order valence-electron chi connectivity index (χ3n) is 5.87. The Hall–Kier alpha value is -3.23. The summed E-state index contributed by atoms with van der Waals surface area (Å²) in [7, 11) is 1.66. The van der Waals surface area contributed by atoms with Crippen molar-refractivity contribution >= 4 is 22.9 Å². The largest absolute Gasteiger partial charge is 0.497 e. The second kappa shape index (κ2) is 9.50. The Balaban J connectivity index is 1.48. The number of methoxy groups -OCH3 is 1. The van der Waals surface area contributed by atoms with Crippen molar-refractivity contribution in [1.82, 2.24) is 10.2 Å². The minimum Gasteiger partial charge on any atom is -0.497 e. The molecule has 0 radical (unpaired) electrons. The molecule has 32 heavy (non-hydrogen) atoms. The van der Waals surface area contributed by atoms with Crippen LogP contribution in [0.1, 0.15) is 39.3 Å². The fourth-order valence-corrected chi connectivity index (χ4v) is 5.29. The summed E-state index contributed by atoms with van der Waals surface area (Å²) in [4.78, 5) is 26.6. The van der Waals surface area contributed by atoms with Gasteiger partial charge in [-0.2, -0.15) is 0 Å². The Kier molecular flexibility index (Phi) is 6.53. The first-order valence-corrected chi connectivity index (χ1v) is 11.3. The highest BCUT2D eigenvalue weighted by Crippen LogP contribution is 2.40. The van der Waals surface area contributed by atoms with E-state index in [1.165, 1.54) is 40.3 Å². The Morgan fingerprint density at radius 3 is 2.56 bits per heavy atom. The van der Waals surface area contributed by atoms with Crippen LogP contribution in [0.5, 0.6) is 5.75 Å². The minimum atomic E-state index is -0.475. The molecule has 166 valence electrons. The lowest BCUT2D eigenvalue weighted by atomic mass is 9.91. The highest BCUT2D eigenvalue weighted by Gasteiger charge is 2.34. The first kappa shape index (κ1) is 22.0. The number of hydrogen-bond donors (Lipinski definition) is 1. The molecule has 0 spiro atoms. The van der Waals surface area contributed by atoms with Gasteiger partial charge in [-0.05, 0) is 60.2 Å². The maximum absolute atomic E-state index is 12.5. The standard InChI is InChI=1S/C24H25N3O4S/c1-16-15-19-11-14-32-23(19)22(17-5-9-21(31-2)10-6-17)26(16)13-12-25-24(28)18-3-7-20(8-4-18)27(29)30/h3-11,14,16,22H,12-13,15H2,1-2H3,(H,25,28)/t16-,22-/m1/s1. The number of rotatable bonds is 7. The molecule has 0 saturated carbocycles. The molecule has 1 aromatic heterocycles. The topological polar surface area (TPSA) is 84.7 Å². The molecule has 1 aliphatic rings. The molecule has 0 fully saturated rings. The number of nitrogens with one attached hydrogen (secondary N) is 1. The van der Waals surface area contributed by atoms with Crippen LogP contribution in [0.3, 0.4) is 0 Å². The normalized spacial score (nSPS) is 18.1. The number of ether oxygens (including phenoxy) is 1. The summed E-state index contributed by atoms with van der Waals surface area (Å²) < 4.78 is 5.32. The van der Waals surface area contributed by atoms with Gasteiger partial charge in [0.1, 0.15) is 5.75 Å². The van der Waals surface area contributed by atoms with Crippen LogP contribution in [0.15, 0.2) is 60.0 Å². The number of amides is 1. The molecular formula is C24H25N3O4S. The van der Waals surface area contributed by atoms with Crippen molar-refractivity contribution in [1.29, 1.82) is 0 Å². The summed E-state index contributed by atoms with van der Waals surface area (Å²) in [5, 5.41) is 15.9. The summed E-state index contributed by atoms with van der Waals surface area (Å²) >= 11 is 1.77. The van der Waals surface area contributed by atoms with Gasteiger partial charge in [-0.15, -0.1) is 11.3 Å². The summed E-state index contributed by atoms with van der Waals surface area (Å²) in [5.41, 5.74) is 2.96. The third kappa shape index (κ3) is 4.51. The van der Waals surface area contributed by atoms with Gasteiger partial charge in [-0.25, -0.2) is 0 Å². The van der Waals surface area contributed by atoms with Crippen LogP contribution >= 0.6 is 11.3 Å². The lowest BCUT2D eigenvalue weighted by Crippen LogP contribution is -2.45. The van der Waals surface area contributed by atoms with Crippen LogP contribution in [-0.2, 0) is 6.42 Å². The molecule has 0 bridgehead atoms. The number of nitro groups is 1. The van der Waals surface area contributed by atoms with Crippen molar-refractivity contribution in [2.24, 2.45) is 0 Å². The molecule has 2 heterocycles. The van der Waals surface area contributed by atoms with E-state index in [0.717, 1.165) is 12.2 Å². The van der Waals surface area contributed by atoms with Crippen molar-refractivity contribution in [3.63, 3.8) is 0 Å². The van der Waals surface area contributed by atoms with E-state index in [1.807, 2.05) is 12.1 Å². The molecular weight excluding hydrogens is 426 g/mol. The zero-order chi connectivity index (χ0) is 22.7. The van der Waals surface area contributed by atoms with Crippen LogP contribution in [0.25, 0.3) is 0 Å². The van der Waals surface area contributed by atoms with Gasteiger partial charge in [0.15, 0.2) is 0 Å². The molecule has 7 nitrogen and oxygen atoms in total. The van der Waals surface area contributed by atoms with E-state index >= 15 is 0 Å². The fourth-order valence-electron chi connectivity index (χ4n) is 4.21. The highest BCUT2D eigenvalue weighted by molar-refractivity contribution is 7.10. The predicted molar refractivity (Wildman–Crippen MR) is 124 cm³/mol. The lowest BCUT2D eigenvalue weighted by Gasteiger charge is -2.41. The van der Waals surface area contributed by atoms with E-state index in [-0.39, 0.29) is 17.6 Å². The molecule has 4 rings (SSSR count). The van der Waals surface area contributed by atoms with E-state index in [2.05, 4.69) is 40.7 Å². The molecule has 1 amide bonds. The van der Waals surface area contributed by atoms with Crippen molar-refractivity contribution in [2.45, 2.75) is 25.4 Å². The van der Waals surface area contributed by atoms with Crippen molar-refractivity contribution in [3.05, 3.63) is 91.7 Å². The van der Waals surface area contributed by atoms with Crippen molar-refractivity contribution in [2.75, 3.05) is 20.2 Å². The second-order valence-electron chi connectivity index (χ2n) is 7.84. The van der Waals surface area contributed by atoms with Crippen LogP contribution in [0.2, 0.25) is 0 Å². The van der Waals surface area contributed by atoms with Crippen molar-refractivity contribution in [3.8, 4) is 5.75 Å². The van der Waals surface area contributed by atoms with E-state index in [1.54, 1.807) is 18.4 Å². The van der Waals surface area contributed by atoms with E-state index in [4.69, 9.17) is 4.74 Å². The number of nitro benzene ring substituents is 1. The van der Waals surface area contributed by atoms with Gasteiger partial charge in [0.2, 0.25) is 0 Å². The van der Waals surface area contributed by atoms with Crippen LogP contribution in [-0.4, -0.2) is 42.0 Å². The maximum atomic E-state index is 12.5. The SMILES string of the molecule is COc1ccc([C@@H]2c3sccc3C[C@@H](C)N2CCNC(=O)c2ccc([N+](=O)[O-])cc2)cc1. The molecule has 1 N–H and O–H groups in total. The molecule has 0 aliphatic carbocycles. The molecule has 0 saturated heterocycles. The number of non-ortho nitro benzene ring substituents is 1. The Bertz CT molecular complexity index is 1100. The van der Waals surface area contributed by atoms with E-state index < -0.39 is 4.92 Å². The van der Waals surface area contributed by atoms with E-state index in [0.29, 0.717) is 24.7 Å². The quantitative estimate of drug-likeness (QED) is 0.424. The molecule has 1 aliphatic heterocycles. The number of carbonyl (C=O) groups is 1. The van der Waals surface area contributed by atoms with Gasteiger partial charge in [0.25, 0.3) is 11.6 Å². The first-order valence-electron chi connectivity index (χ1n) is 10.5. The number of hydrogen-bond acceptors (Lipinski definition) is 6. The number of benzene rings is 2. The number of thiophene rings is 1. The maximum Gasteiger partial charge on any atom is 0.269 e. The smallest absolute Gasteiger partial charge is 0.269 e. The van der Waals surface area contributed by atoms with Gasteiger partial charge in [0, 0.05) is 41.7 Å². The Labute approximate surface area is 190 Å². The number of nitrogens with zero attached hydrogens (tertiary/aromatic N) is 2. The monoisotopic (exact) mass is 451 g/mol. The zero-order valence-corrected chi connectivity index (χ0v) is 18.8. The van der Waals surface area contributed by atoms with Gasteiger partial charge in [-0.3, -0.25) is 19.8 Å². The van der Waals surface area contributed by atoms with Gasteiger partial charge < -0.3 is 10.1 Å². The molecule has 2 aromatic carbocycles. The lowest BCUT2D eigenvalue weighted by molar-refractivity contribution is -0.384. The average Bonchev–Trinajstić information content (AvgIpc) is 3.27. The first-order chi connectivity index (χ1) is 15.5. The highest BCUT2D eigenvalue weighted by atomic mass is 32.1. The Morgan fingerprint density at radius 1 is 1.19 bits per heavy atom. The van der Waals surface area contributed by atoms with Gasteiger partial charge >= 0.3 is 0 Å². The van der Waals surface area contributed by atoms with Crippen molar-refractivity contribution < 1.29 is 14.5 Å².